The first kappa shape index (κ1) is 14.1. The van der Waals surface area contributed by atoms with E-state index in [2.05, 4.69) is 9.88 Å². The van der Waals surface area contributed by atoms with Crippen molar-refractivity contribution < 1.29 is 19.0 Å². The molecule has 1 atom stereocenters. The number of halogens is 1. The normalized spacial score (nSPS) is 26.2. The van der Waals surface area contributed by atoms with Crippen LogP contribution in [-0.2, 0) is 14.2 Å². The molecule has 2 fully saturated rings. The van der Waals surface area contributed by atoms with Crippen LogP contribution in [0.4, 0.5) is 5.13 Å². The molecule has 1 aromatic heterocycles. The highest BCUT2D eigenvalue weighted by molar-refractivity contribution is 7.18. The number of aromatic nitrogens is 1. The lowest BCUT2D eigenvalue weighted by Crippen LogP contribution is -2.52. The summed E-state index contributed by atoms with van der Waals surface area (Å²) in [6.07, 6.45) is 0.881. The van der Waals surface area contributed by atoms with Crippen LogP contribution in [0.1, 0.15) is 16.1 Å². The van der Waals surface area contributed by atoms with Crippen molar-refractivity contribution in [3.05, 3.63) is 10.0 Å². The zero-order valence-corrected chi connectivity index (χ0v) is 12.6. The third kappa shape index (κ3) is 2.50. The molecule has 3 rings (SSSR count). The first-order chi connectivity index (χ1) is 9.63. The molecule has 3 heterocycles. The van der Waals surface area contributed by atoms with Crippen molar-refractivity contribution in [2.75, 3.05) is 44.9 Å². The smallest absolute Gasteiger partial charge is 0.351 e. The molecule has 0 saturated carbocycles. The van der Waals surface area contributed by atoms with Gasteiger partial charge >= 0.3 is 5.97 Å². The monoisotopic (exact) mass is 318 g/mol. The third-order valence-corrected chi connectivity index (χ3v) is 5.01. The van der Waals surface area contributed by atoms with E-state index in [-0.39, 0.29) is 10.8 Å². The predicted octanol–water partition coefficient (Wildman–Crippen LogP) is 1.58. The molecule has 1 unspecified atom stereocenters. The summed E-state index contributed by atoms with van der Waals surface area (Å²) in [5, 5.41) is 0.921. The van der Waals surface area contributed by atoms with E-state index in [0.717, 1.165) is 24.7 Å². The molecule has 20 heavy (non-hydrogen) atoms. The van der Waals surface area contributed by atoms with E-state index < -0.39 is 5.97 Å². The van der Waals surface area contributed by atoms with Crippen molar-refractivity contribution in [1.29, 1.82) is 0 Å². The molecule has 0 radical (unpaired) electrons. The molecule has 0 aromatic carbocycles. The molecule has 1 spiro atoms. The zero-order valence-electron chi connectivity index (χ0n) is 11.1. The average molecular weight is 319 g/mol. The molecule has 8 heteroatoms. The number of hydrogen-bond donors (Lipinski definition) is 0. The average Bonchev–Trinajstić information content (AvgIpc) is 3.05. The predicted molar refractivity (Wildman–Crippen MR) is 74.8 cm³/mol. The Labute approximate surface area is 125 Å². The number of morpholine rings is 1. The van der Waals surface area contributed by atoms with Crippen molar-refractivity contribution in [3.8, 4) is 0 Å². The summed E-state index contributed by atoms with van der Waals surface area (Å²) in [5.41, 5.74) is -0.248. The summed E-state index contributed by atoms with van der Waals surface area (Å²) >= 11 is 7.26. The molecule has 2 saturated heterocycles. The minimum atomic E-state index is -0.453. The van der Waals surface area contributed by atoms with Crippen molar-refractivity contribution >= 4 is 34.0 Å². The van der Waals surface area contributed by atoms with Gasteiger partial charge in [-0.2, -0.15) is 0 Å². The standard InChI is InChI=1S/C12H15ClN2O4S/c1-17-10(16)8-9(13)14-11(20-8)15-3-5-19-12(6-15)2-4-18-7-12/h2-7H2,1H3. The maximum Gasteiger partial charge on any atom is 0.351 e. The van der Waals surface area contributed by atoms with Gasteiger partial charge in [0.25, 0.3) is 0 Å². The number of esters is 1. The molecule has 6 nitrogen and oxygen atoms in total. The summed E-state index contributed by atoms with van der Waals surface area (Å²) in [6.45, 7) is 3.38. The van der Waals surface area contributed by atoms with Gasteiger partial charge in [-0.1, -0.05) is 22.9 Å². The summed E-state index contributed by atoms with van der Waals surface area (Å²) in [4.78, 5) is 18.3. The Bertz CT molecular complexity index is 516. The molecule has 0 bridgehead atoms. The molecule has 0 aliphatic carbocycles. The van der Waals surface area contributed by atoms with Crippen LogP contribution < -0.4 is 4.90 Å². The van der Waals surface area contributed by atoms with Crippen LogP contribution in [0.5, 0.6) is 0 Å². The molecule has 2 aliphatic rings. The van der Waals surface area contributed by atoms with E-state index in [4.69, 9.17) is 25.8 Å². The van der Waals surface area contributed by atoms with Crippen molar-refractivity contribution in [3.63, 3.8) is 0 Å². The largest absolute Gasteiger partial charge is 0.465 e. The lowest BCUT2D eigenvalue weighted by molar-refractivity contribution is -0.0579. The molecule has 0 amide bonds. The van der Waals surface area contributed by atoms with Gasteiger partial charge in [-0.05, 0) is 0 Å². The number of rotatable bonds is 2. The highest BCUT2D eigenvalue weighted by atomic mass is 35.5. The fraction of sp³-hybridized carbons (Fsp3) is 0.667. The van der Waals surface area contributed by atoms with E-state index in [1.807, 2.05) is 0 Å². The minimum absolute atomic E-state index is 0.195. The van der Waals surface area contributed by atoms with Gasteiger partial charge in [0.1, 0.15) is 5.60 Å². The van der Waals surface area contributed by atoms with Crippen LogP contribution in [0.3, 0.4) is 0 Å². The number of carbonyl (C=O) groups is 1. The summed E-state index contributed by atoms with van der Waals surface area (Å²) in [6, 6.07) is 0. The summed E-state index contributed by atoms with van der Waals surface area (Å²) in [7, 11) is 1.33. The molecule has 110 valence electrons. The van der Waals surface area contributed by atoms with Crippen LogP contribution in [0.25, 0.3) is 0 Å². The Hall–Kier alpha value is -0.890. The van der Waals surface area contributed by atoms with Gasteiger partial charge in [-0.15, -0.1) is 0 Å². The highest BCUT2D eigenvalue weighted by Crippen LogP contribution is 2.34. The second-order valence-electron chi connectivity index (χ2n) is 4.86. The van der Waals surface area contributed by atoms with Gasteiger partial charge < -0.3 is 19.1 Å². The Kier molecular flexibility index (Phi) is 3.85. The molecule has 1 aromatic rings. The molecular formula is C12H15ClN2O4S. The van der Waals surface area contributed by atoms with Crippen LogP contribution in [-0.4, -0.2) is 56.6 Å². The Morgan fingerprint density at radius 1 is 1.55 bits per heavy atom. The van der Waals surface area contributed by atoms with Crippen molar-refractivity contribution in [1.82, 2.24) is 4.98 Å². The maximum atomic E-state index is 11.6. The fourth-order valence-electron chi connectivity index (χ4n) is 2.48. The third-order valence-electron chi connectivity index (χ3n) is 3.53. The number of anilines is 1. The SMILES string of the molecule is COC(=O)c1sc(N2CCOC3(CCOC3)C2)nc1Cl. The summed E-state index contributed by atoms with van der Waals surface area (Å²) < 4.78 is 16.0. The van der Waals surface area contributed by atoms with Crippen molar-refractivity contribution in [2.45, 2.75) is 12.0 Å². The van der Waals surface area contributed by atoms with Crippen LogP contribution in [0, 0.1) is 0 Å². The maximum absolute atomic E-state index is 11.6. The number of carbonyl (C=O) groups excluding carboxylic acids is 1. The topological polar surface area (TPSA) is 60.9 Å². The van der Waals surface area contributed by atoms with Gasteiger partial charge in [0, 0.05) is 19.6 Å². The highest BCUT2D eigenvalue weighted by Gasteiger charge is 2.41. The van der Waals surface area contributed by atoms with E-state index in [0.29, 0.717) is 24.6 Å². The fourth-order valence-corrected chi connectivity index (χ4v) is 3.70. The lowest BCUT2D eigenvalue weighted by Gasteiger charge is -2.39. The van der Waals surface area contributed by atoms with Crippen LogP contribution in [0.2, 0.25) is 5.15 Å². The number of ether oxygens (including phenoxy) is 3. The summed E-state index contributed by atoms with van der Waals surface area (Å²) in [5.74, 6) is -0.453. The van der Waals surface area contributed by atoms with E-state index in [1.54, 1.807) is 0 Å². The van der Waals surface area contributed by atoms with Gasteiger partial charge in [0.15, 0.2) is 15.2 Å². The second kappa shape index (κ2) is 5.48. The first-order valence-electron chi connectivity index (χ1n) is 6.35. The molecule has 0 N–H and O–H groups in total. The van der Waals surface area contributed by atoms with Gasteiger partial charge in [-0.25, -0.2) is 9.78 Å². The van der Waals surface area contributed by atoms with E-state index in [1.165, 1.54) is 18.4 Å². The van der Waals surface area contributed by atoms with Crippen LogP contribution in [0.15, 0.2) is 0 Å². The molecule has 2 aliphatic heterocycles. The van der Waals surface area contributed by atoms with Crippen LogP contribution >= 0.6 is 22.9 Å². The van der Waals surface area contributed by atoms with E-state index in [9.17, 15) is 4.79 Å². The Morgan fingerprint density at radius 2 is 2.40 bits per heavy atom. The van der Waals surface area contributed by atoms with Crippen molar-refractivity contribution in [2.24, 2.45) is 0 Å². The number of hydrogen-bond acceptors (Lipinski definition) is 7. The van der Waals surface area contributed by atoms with Gasteiger partial charge in [-0.3, -0.25) is 0 Å². The Morgan fingerprint density at radius 3 is 3.10 bits per heavy atom. The minimum Gasteiger partial charge on any atom is -0.465 e. The number of methoxy groups -OCH3 is 1. The Balaban J connectivity index is 1.80. The number of thiazole rings is 1. The number of nitrogens with zero attached hydrogens (tertiary/aromatic N) is 2. The first-order valence-corrected chi connectivity index (χ1v) is 7.54. The van der Waals surface area contributed by atoms with Gasteiger partial charge in [0.2, 0.25) is 0 Å². The molecular weight excluding hydrogens is 304 g/mol. The van der Waals surface area contributed by atoms with Gasteiger partial charge in [0.05, 0.1) is 26.9 Å². The quantitative estimate of drug-likeness (QED) is 0.772. The lowest BCUT2D eigenvalue weighted by atomic mass is 10.0. The second-order valence-corrected chi connectivity index (χ2v) is 6.20. The van der Waals surface area contributed by atoms with E-state index >= 15 is 0 Å². The zero-order chi connectivity index (χ0) is 14.2.